The van der Waals surface area contributed by atoms with Crippen molar-refractivity contribution >= 4 is 27.6 Å². The first kappa shape index (κ1) is 15.3. The molecule has 2 aromatic rings. The van der Waals surface area contributed by atoms with Crippen LogP contribution in [0.3, 0.4) is 0 Å². The maximum absolute atomic E-state index is 13.2. The quantitative estimate of drug-likeness (QED) is 0.674. The van der Waals surface area contributed by atoms with Crippen LogP contribution in [0.2, 0.25) is 0 Å². The summed E-state index contributed by atoms with van der Waals surface area (Å²) >= 11 is 3.33. The fraction of sp³-hybridized carbons (Fsp3) is 0.133. The van der Waals surface area contributed by atoms with Crippen LogP contribution in [0.5, 0.6) is 5.75 Å². The van der Waals surface area contributed by atoms with Gasteiger partial charge in [-0.3, -0.25) is 0 Å². The van der Waals surface area contributed by atoms with E-state index in [9.17, 15) is 9.18 Å². The topological polar surface area (TPSA) is 61.5 Å². The molecule has 0 radical (unpaired) electrons. The molecular weight excluding hydrogens is 341 g/mol. The van der Waals surface area contributed by atoms with Gasteiger partial charge in [0, 0.05) is 15.7 Å². The molecule has 0 aliphatic rings. The van der Waals surface area contributed by atoms with Crippen molar-refractivity contribution in [2.24, 2.45) is 0 Å². The average Bonchev–Trinajstić information content (AvgIpc) is 2.43. The standard InChI is InChI=1S/C15H13BrFNO3/c1-20-14-3-2-11(16)4-10(14)8-21-15(19)9-5-12(17)7-13(18)6-9/h2-7H,8,18H2,1H3. The molecule has 4 nitrogen and oxygen atoms in total. The van der Waals surface area contributed by atoms with Gasteiger partial charge in [0.05, 0.1) is 12.7 Å². The van der Waals surface area contributed by atoms with Gasteiger partial charge in [0.25, 0.3) is 0 Å². The average molecular weight is 354 g/mol. The van der Waals surface area contributed by atoms with Gasteiger partial charge >= 0.3 is 5.97 Å². The van der Waals surface area contributed by atoms with E-state index in [1.54, 1.807) is 12.1 Å². The zero-order chi connectivity index (χ0) is 15.4. The van der Waals surface area contributed by atoms with Gasteiger partial charge in [0.2, 0.25) is 0 Å². The van der Waals surface area contributed by atoms with Crippen molar-refractivity contribution in [3.05, 3.63) is 57.8 Å². The van der Waals surface area contributed by atoms with E-state index in [1.807, 2.05) is 6.07 Å². The highest BCUT2D eigenvalue weighted by atomic mass is 79.9. The highest BCUT2D eigenvalue weighted by molar-refractivity contribution is 9.10. The lowest BCUT2D eigenvalue weighted by Crippen LogP contribution is -2.07. The van der Waals surface area contributed by atoms with E-state index in [2.05, 4.69) is 15.9 Å². The Labute approximate surface area is 129 Å². The number of methoxy groups -OCH3 is 1. The van der Waals surface area contributed by atoms with Gasteiger partial charge in [-0.25, -0.2) is 9.18 Å². The second-order valence-electron chi connectivity index (χ2n) is 4.31. The predicted octanol–water partition coefficient (Wildman–Crippen LogP) is 3.54. The monoisotopic (exact) mass is 353 g/mol. The highest BCUT2D eigenvalue weighted by Gasteiger charge is 2.12. The Morgan fingerprint density at radius 2 is 2.05 bits per heavy atom. The Bertz CT molecular complexity index is 656. The first-order valence-corrected chi connectivity index (χ1v) is 6.84. The molecule has 2 aromatic carbocycles. The number of hydrogen-bond acceptors (Lipinski definition) is 4. The van der Waals surface area contributed by atoms with Crippen molar-refractivity contribution in [2.45, 2.75) is 6.61 Å². The van der Waals surface area contributed by atoms with Crippen LogP contribution in [-0.2, 0) is 11.3 Å². The zero-order valence-corrected chi connectivity index (χ0v) is 12.8. The molecular formula is C15H13BrFNO3. The normalized spacial score (nSPS) is 10.2. The molecule has 2 rings (SSSR count). The summed E-state index contributed by atoms with van der Waals surface area (Å²) in [5.41, 5.74) is 6.43. The van der Waals surface area contributed by atoms with Gasteiger partial charge in [-0.15, -0.1) is 0 Å². The largest absolute Gasteiger partial charge is 0.496 e. The maximum Gasteiger partial charge on any atom is 0.338 e. The van der Waals surface area contributed by atoms with E-state index in [0.29, 0.717) is 11.3 Å². The number of nitrogens with two attached hydrogens (primary N) is 1. The smallest absolute Gasteiger partial charge is 0.338 e. The summed E-state index contributed by atoms with van der Waals surface area (Å²) in [5, 5.41) is 0. The molecule has 21 heavy (non-hydrogen) atoms. The van der Waals surface area contributed by atoms with Crippen molar-refractivity contribution < 1.29 is 18.7 Å². The third-order valence-corrected chi connectivity index (χ3v) is 3.25. The van der Waals surface area contributed by atoms with E-state index in [0.717, 1.165) is 16.6 Å². The van der Waals surface area contributed by atoms with Crippen molar-refractivity contribution in [3.8, 4) is 5.75 Å². The van der Waals surface area contributed by atoms with Crippen LogP contribution in [0.1, 0.15) is 15.9 Å². The Morgan fingerprint density at radius 1 is 1.29 bits per heavy atom. The van der Waals surface area contributed by atoms with Gasteiger partial charge in [-0.05, 0) is 36.4 Å². The Kier molecular flexibility index (Phi) is 4.80. The van der Waals surface area contributed by atoms with E-state index >= 15 is 0 Å². The van der Waals surface area contributed by atoms with Crippen LogP contribution >= 0.6 is 15.9 Å². The van der Waals surface area contributed by atoms with Crippen LogP contribution in [0.4, 0.5) is 10.1 Å². The third-order valence-electron chi connectivity index (χ3n) is 2.76. The molecule has 0 unspecified atom stereocenters. The Morgan fingerprint density at radius 3 is 2.71 bits per heavy atom. The molecule has 0 heterocycles. The van der Waals surface area contributed by atoms with Crippen LogP contribution in [0, 0.1) is 5.82 Å². The number of carbonyl (C=O) groups is 1. The lowest BCUT2D eigenvalue weighted by atomic mass is 10.2. The van der Waals surface area contributed by atoms with Crippen LogP contribution in [0.15, 0.2) is 40.9 Å². The number of ether oxygens (including phenoxy) is 2. The summed E-state index contributed by atoms with van der Waals surface area (Å²) in [6.07, 6.45) is 0. The summed E-state index contributed by atoms with van der Waals surface area (Å²) in [7, 11) is 1.53. The van der Waals surface area contributed by atoms with Gasteiger partial charge < -0.3 is 15.2 Å². The first-order chi connectivity index (χ1) is 9.99. The summed E-state index contributed by atoms with van der Waals surface area (Å²) in [5.74, 6) is -0.630. The van der Waals surface area contributed by atoms with Gasteiger partial charge in [0.1, 0.15) is 18.2 Å². The fourth-order valence-corrected chi connectivity index (χ4v) is 2.23. The summed E-state index contributed by atoms with van der Waals surface area (Å²) in [6, 6.07) is 8.94. The number of hydrogen-bond donors (Lipinski definition) is 1. The number of benzene rings is 2. The Balaban J connectivity index is 2.12. The maximum atomic E-state index is 13.2. The second kappa shape index (κ2) is 6.58. The number of anilines is 1. The molecule has 6 heteroatoms. The molecule has 0 spiro atoms. The predicted molar refractivity (Wildman–Crippen MR) is 80.6 cm³/mol. The van der Waals surface area contributed by atoms with Gasteiger partial charge in [0.15, 0.2) is 0 Å². The molecule has 0 atom stereocenters. The molecule has 0 fully saturated rings. The molecule has 0 aromatic heterocycles. The van der Waals surface area contributed by atoms with E-state index in [-0.39, 0.29) is 17.9 Å². The van der Waals surface area contributed by atoms with Crippen LogP contribution in [0.25, 0.3) is 0 Å². The van der Waals surface area contributed by atoms with Crippen LogP contribution < -0.4 is 10.5 Å². The molecule has 0 saturated heterocycles. The minimum atomic E-state index is -0.650. The molecule has 0 aliphatic carbocycles. The lowest BCUT2D eigenvalue weighted by Gasteiger charge is -2.10. The molecule has 110 valence electrons. The molecule has 0 bridgehead atoms. The molecule has 0 amide bonds. The van der Waals surface area contributed by atoms with Gasteiger partial charge in [-0.1, -0.05) is 15.9 Å². The minimum absolute atomic E-state index is 0.0118. The highest BCUT2D eigenvalue weighted by Crippen LogP contribution is 2.24. The summed E-state index contributed by atoms with van der Waals surface area (Å²) in [6.45, 7) is 0.0118. The van der Waals surface area contributed by atoms with Crippen molar-refractivity contribution in [3.63, 3.8) is 0 Å². The number of carbonyl (C=O) groups excluding carboxylic acids is 1. The number of halogens is 2. The van der Waals surface area contributed by atoms with Gasteiger partial charge in [-0.2, -0.15) is 0 Å². The number of rotatable bonds is 4. The first-order valence-electron chi connectivity index (χ1n) is 6.05. The molecule has 2 N–H and O–H groups in total. The van der Waals surface area contributed by atoms with E-state index in [4.69, 9.17) is 15.2 Å². The van der Waals surface area contributed by atoms with Crippen LogP contribution in [-0.4, -0.2) is 13.1 Å². The third kappa shape index (κ3) is 3.95. The van der Waals surface area contributed by atoms with Crippen molar-refractivity contribution in [2.75, 3.05) is 12.8 Å². The SMILES string of the molecule is COc1ccc(Br)cc1COC(=O)c1cc(N)cc(F)c1. The number of nitrogen functional groups attached to an aromatic ring is 1. The number of esters is 1. The molecule has 0 aliphatic heterocycles. The van der Waals surface area contributed by atoms with Crippen molar-refractivity contribution in [1.29, 1.82) is 0 Å². The summed E-state index contributed by atoms with van der Waals surface area (Å²) < 4.78 is 24.4. The lowest BCUT2D eigenvalue weighted by molar-refractivity contribution is 0.0469. The van der Waals surface area contributed by atoms with E-state index < -0.39 is 11.8 Å². The zero-order valence-electron chi connectivity index (χ0n) is 11.2. The van der Waals surface area contributed by atoms with Crippen molar-refractivity contribution in [1.82, 2.24) is 0 Å². The fourth-order valence-electron chi connectivity index (χ4n) is 1.82. The second-order valence-corrected chi connectivity index (χ2v) is 5.22. The molecule has 0 saturated carbocycles. The summed E-state index contributed by atoms with van der Waals surface area (Å²) in [4.78, 5) is 11.9. The minimum Gasteiger partial charge on any atom is -0.496 e. The van der Waals surface area contributed by atoms with E-state index in [1.165, 1.54) is 13.2 Å². The Hall–Kier alpha value is -2.08.